The Bertz CT molecular complexity index is 782. The molecule has 0 fully saturated rings. The number of nitrogens with zero attached hydrogens (tertiary/aromatic N) is 1. The second-order valence-electron chi connectivity index (χ2n) is 6.55. The number of guanidine groups is 1. The zero-order valence-corrected chi connectivity index (χ0v) is 16.8. The average molecular weight is 383 g/mol. The van der Waals surface area contributed by atoms with Crippen LogP contribution in [-0.2, 0) is 13.0 Å². The highest BCUT2D eigenvalue weighted by Crippen LogP contribution is 2.29. The SMILES string of the molecule is CCNC(=NCc1ccc(OCC)c(OC)c1)NCC1Cc2ccccc2O1. The van der Waals surface area contributed by atoms with Gasteiger partial charge in [-0.15, -0.1) is 0 Å². The van der Waals surface area contributed by atoms with E-state index < -0.39 is 0 Å². The molecular weight excluding hydrogens is 354 g/mol. The summed E-state index contributed by atoms with van der Waals surface area (Å²) in [6.07, 6.45) is 1.03. The van der Waals surface area contributed by atoms with Crippen LogP contribution in [-0.4, -0.2) is 38.9 Å². The number of aliphatic imine (C=N–C) groups is 1. The van der Waals surface area contributed by atoms with Crippen molar-refractivity contribution >= 4 is 5.96 Å². The Morgan fingerprint density at radius 1 is 1.14 bits per heavy atom. The highest BCUT2D eigenvalue weighted by atomic mass is 16.5. The van der Waals surface area contributed by atoms with Crippen LogP contribution in [0.25, 0.3) is 0 Å². The highest BCUT2D eigenvalue weighted by Gasteiger charge is 2.22. The fraction of sp³-hybridized carbons (Fsp3) is 0.409. The first kappa shape index (κ1) is 19.9. The predicted octanol–water partition coefficient (Wildman–Crippen LogP) is 3.15. The standard InChI is InChI=1S/C22H29N3O3/c1-4-23-22(25-15-18-13-17-8-6-7-9-19(17)28-18)24-14-16-10-11-20(27-5-2)21(12-16)26-3/h6-12,18H,4-5,13-15H2,1-3H3,(H2,23,24,25). The molecule has 0 spiro atoms. The van der Waals surface area contributed by atoms with E-state index in [1.54, 1.807) is 7.11 Å². The Hall–Kier alpha value is -2.89. The summed E-state index contributed by atoms with van der Waals surface area (Å²) in [6, 6.07) is 14.1. The van der Waals surface area contributed by atoms with Crippen molar-refractivity contribution in [1.29, 1.82) is 0 Å². The zero-order chi connectivity index (χ0) is 19.8. The van der Waals surface area contributed by atoms with Crippen LogP contribution >= 0.6 is 0 Å². The first-order valence-corrected chi connectivity index (χ1v) is 9.80. The minimum Gasteiger partial charge on any atom is -0.493 e. The Morgan fingerprint density at radius 2 is 2.00 bits per heavy atom. The fourth-order valence-corrected chi connectivity index (χ4v) is 3.18. The molecule has 6 heteroatoms. The van der Waals surface area contributed by atoms with Crippen molar-refractivity contribution in [3.05, 3.63) is 53.6 Å². The number of benzene rings is 2. The van der Waals surface area contributed by atoms with E-state index in [0.717, 1.165) is 41.7 Å². The van der Waals surface area contributed by atoms with Crippen LogP contribution in [0.4, 0.5) is 0 Å². The van der Waals surface area contributed by atoms with Gasteiger partial charge in [-0.25, -0.2) is 4.99 Å². The molecule has 3 rings (SSSR count). The van der Waals surface area contributed by atoms with Crippen LogP contribution in [0.15, 0.2) is 47.5 Å². The number of para-hydroxylation sites is 1. The largest absolute Gasteiger partial charge is 0.493 e. The topological polar surface area (TPSA) is 64.1 Å². The van der Waals surface area contributed by atoms with Gasteiger partial charge in [0.2, 0.25) is 0 Å². The number of nitrogens with one attached hydrogen (secondary N) is 2. The molecule has 2 aromatic carbocycles. The Balaban J connectivity index is 1.58. The van der Waals surface area contributed by atoms with Gasteiger partial charge in [0.05, 0.1) is 26.8 Å². The van der Waals surface area contributed by atoms with Gasteiger partial charge >= 0.3 is 0 Å². The van der Waals surface area contributed by atoms with Crippen molar-refractivity contribution in [2.75, 3.05) is 26.8 Å². The van der Waals surface area contributed by atoms with Crippen LogP contribution in [0.1, 0.15) is 25.0 Å². The van der Waals surface area contributed by atoms with Crippen molar-refractivity contribution in [1.82, 2.24) is 10.6 Å². The quantitative estimate of drug-likeness (QED) is 0.542. The van der Waals surface area contributed by atoms with E-state index in [1.807, 2.05) is 37.3 Å². The van der Waals surface area contributed by atoms with Crippen LogP contribution in [0.3, 0.4) is 0 Å². The molecule has 6 nitrogen and oxygen atoms in total. The van der Waals surface area contributed by atoms with Gasteiger partial charge in [-0.1, -0.05) is 24.3 Å². The molecule has 0 radical (unpaired) electrons. The molecule has 0 aromatic heterocycles. The summed E-state index contributed by atoms with van der Waals surface area (Å²) in [4.78, 5) is 4.69. The van der Waals surface area contributed by atoms with Crippen molar-refractivity contribution in [3.8, 4) is 17.2 Å². The average Bonchev–Trinajstić information content (AvgIpc) is 3.14. The third-order valence-corrected chi connectivity index (χ3v) is 4.50. The first-order chi connectivity index (χ1) is 13.7. The van der Waals surface area contributed by atoms with Gasteiger partial charge in [-0.3, -0.25) is 0 Å². The summed E-state index contributed by atoms with van der Waals surface area (Å²) in [5, 5.41) is 6.67. The van der Waals surface area contributed by atoms with Gasteiger partial charge in [-0.05, 0) is 43.2 Å². The molecule has 1 aliphatic rings. The molecular formula is C22H29N3O3. The number of hydrogen-bond donors (Lipinski definition) is 2. The number of hydrogen-bond acceptors (Lipinski definition) is 4. The van der Waals surface area contributed by atoms with Crippen molar-refractivity contribution in [2.24, 2.45) is 4.99 Å². The minimum absolute atomic E-state index is 0.117. The maximum Gasteiger partial charge on any atom is 0.191 e. The van der Waals surface area contributed by atoms with Crippen LogP contribution in [0, 0.1) is 0 Å². The van der Waals surface area contributed by atoms with Gasteiger partial charge in [0.25, 0.3) is 0 Å². The second-order valence-corrected chi connectivity index (χ2v) is 6.55. The second kappa shape index (κ2) is 9.88. The molecule has 28 heavy (non-hydrogen) atoms. The summed E-state index contributed by atoms with van der Waals surface area (Å²) in [5.74, 6) is 3.23. The first-order valence-electron chi connectivity index (χ1n) is 9.80. The highest BCUT2D eigenvalue weighted by molar-refractivity contribution is 5.79. The zero-order valence-electron chi connectivity index (χ0n) is 16.8. The normalized spacial score (nSPS) is 15.5. The van der Waals surface area contributed by atoms with Crippen LogP contribution in [0.2, 0.25) is 0 Å². The number of ether oxygens (including phenoxy) is 3. The van der Waals surface area contributed by atoms with E-state index in [4.69, 9.17) is 14.2 Å². The number of methoxy groups -OCH3 is 1. The molecule has 1 heterocycles. The van der Waals surface area contributed by atoms with E-state index >= 15 is 0 Å². The van der Waals surface area contributed by atoms with E-state index in [2.05, 4.69) is 34.7 Å². The van der Waals surface area contributed by atoms with Crippen molar-refractivity contribution < 1.29 is 14.2 Å². The van der Waals surface area contributed by atoms with E-state index in [0.29, 0.717) is 19.7 Å². The summed E-state index contributed by atoms with van der Waals surface area (Å²) in [6.45, 7) is 6.66. The van der Waals surface area contributed by atoms with Gasteiger partial charge < -0.3 is 24.8 Å². The molecule has 0 aliphatic carbocycles. The Kier molecular flexibility index (Phi) is 7.00. The van der Waals surface area contributed by atoms with Crippen molar-refractivity contribution in [2.45, 2.75) is 32.9 Å². The van der Waals surface area contributed by atoms with Gasteiger partial charge in [0.15, 0.2) is 17.5 Å². The smallest absolute Gasteiger partial charge is 0.191 e. The molecule has 0 saturated carbocycles. The van der Waals surface area contributed by atoms with E-state index in [9.17, 15) is 0 Å². The van der Waals surface area contributed by atoms with Crippen molar-refractivity contribution in [3.63, 3.8) is 0 Å². The van der Waals surface area contributed by atoms with E-state index in [-0.39, 0.29) is 6.10 Å². The molecule has 1 atom stereocenters. The lowest BCUT2D eigenvalue weighted by Crippen LogP contribution is -2.42. The maximum atomic E-state index is 5.99. The molecule has 2 N–H and O–H groups in total. The maximum absolute atomic E-state index is 5.99. The molecule has 150 valence electrons. The lowest BCUT2D eigenvalue weighted by molar-refractivity contribution is 0.235. The van der Waals surface area contributed by atoms with Crippen LogP contribution < -0.4 is 24.8 Å². The van der Waals surface area contributed by atoms with Gasteiger partial charge in [0.1, 0.15) is 11.9 Å². The molecule has 2 aromatic rings. The summed E-state index contributed by atoms with van der Waals surface area (Å²) >= 11 is 0. The monoisotopic (exact) mass is 383 g/mol. The summed E-state index contributed by atoms with van der Waals surface area (Å²) in [5.41, 5.74) is 2.32. The summed E-state index contributed by atoms with van der Waals surface area (Å²) in [7, 11) is 1.65. The molecule has 0 saturated heterocycles. The molecule has 0 bridgehead atoms. The Labute approximate surface area is 166 Å². The Morgan fingerprint density at radius 3 is 2.75 bits per heavy atom. The summed E-state index contributed by atoms with van der Waals surface area (Å²) < 4.78 is 17.0. The minimum atomic E-state index is 0.117. The van der Waals surface area contributed by atoms with Gasteiger partial charge in [-0.2, -0.15) is 0 Å². The number of rotatable bonds is 8. The fourth-order valence-electron chi connectivity index (χ4n) is 3.18. The lowest BCUT2D eigenvalue weighted by Gasteiger charge is -2.15. The molecule has 0 amide bonds. The van der Waals surface area contributed by atoms with Gasteiger partial charge in [0, 0.05) is 13.0 Å². The third kappa shape index (κ3) is 5.09. The third-order valence-electron chi connectivity index (χ3n) is 4.50. The molecule has 1 aliphatic heterocycles. The lowest BCUT2D eigenvalue weighted by atomic mass is 10.1. The molecule has 1 unspecified atom stereocenters. The number of fused-ring (bicyclic) bond motifs is 1. The predicted molar refractivity (Wildman–Crippen MR) is 112 cm³/mol. The van der Waals surface area contributed by atoms with Crippen LogP contribution in [0.5, 0.6) is 17.2 Å². The van der Waals surface area contributed by atoms with E-state index in [1.165, 1.54) is 5.56 Å².